The van der Waals surface area contributed by atoms with Crippen molar-refractivity contribution in [2.75, 3.05) is 9.80 Å². The van der Waals surface area contributed by atoms with Gasteiger partial charge >= 0.3 is 0 Å². The summed E-state index contributed by atoms with van der Waals surface area (Å²) in [6.07, 6.45) is 5.24. The smallest absolute Gasteiger partial charge is 0.269 e. The minimum absolute atomic E-state index is 0.0625. The number of hydrogen-bond donors (Lipinski definition) is 0. The number of amides is 2. The fraction of sp³-hybridized carbons (Fsp3) is 0.333. The van der Waals surface area contributed by atoms with Crippen LogP contribution >= 0.6 is 0 Å². The summed E-state index contributed by atoms with van der Waals surface area (Å²) in [5.41, 5.74) is 2.80. The molecule has 0 saturated carbocycles. The molecule has 2 atom stereocenters. The molecule has 1 heterocycles. The maximum atomic E-state index is 13.9. The average molecular weight is 500 g/mol. The Morgan fingerprint density at radius 2 is 1.62 bits per heavy atom. The number of anilines is 2. The van der Waals surface area contributed by atoms with Gasteiger partial charge in [-0.05, 0) is 55.7 Å². The van der Waals surface area contributed by atoms with Gasteiger partial charge in [0, 0.05) is 41.5 Å². The third kappa shape index (κ3) is 5.71. The Hall–Kier alpha value is -4.00. The highest BCUT2D eigenvalue weighted by Crippen LogP contribution is 2.43. The minimum atomic E-state index is -0.476. The molecule has 0 N–H and O–H groups in total. The van der Waals surface area contributed by atoms with Crippen LogP contribution in [0, 0.1) is 10.1 Å². The molecule has 0 aromatic heterocycles. The Kier molecular flexibility index (Phi) is 8.33. The topological polar surface area (TPSA) is 83.8 Å². The first-order chi connectivity index (χ1) is 17.9. The summed E-state index contributed by atoms with van der Waals surface area (Å²) in [5.74, 6) is -0.130. The molecule has 4 rings (SSSR count). The first-order valence-electron chi connectivity index (χ1n) is 13.0. The number of nitro groups is 1. The van der Waals surface area contributed by atoms with Gasteiger partial charge in [-0.1, -0.05) is 62.6 Å². The molecule has 0 unspecified atom stereocenters. The van der Waals surface area contributed by atoms with Gasteiger partial charge in [-0.15, -0.1) is 0 Å². The van der Waals surface area contributed by atoms with Crippen molar-refractivity contribution in [1.82, 2.24) is 0 Å². The Morgan fingerprint density at radius 1 is 0.946 bits per heavy atom. The van der Waals surface area contributed by atoms with Crippen LogP contribution in [0.4, 0.5) is 17.1 Å². The lowest BCUT2D eigenvalue weighted by Crippen LogP contribution is -2.47. The van der Waals surface area contributed by atoms with Crippen LogP contribution < -0.4 is 9.80 Å². The molecule has 1 aliphatic heterocycles. The summed E-state index contributed by atoms with van der Waals surface area (Å²) in [5, 5.41) is 11.1. The van der Waals surface area contributed by atoms with Gasteiger partial charge < -0.3 is 9.80 Å². The van der Waals surface area contributed by atoms with Crippen molar-refractivity contribution >= 4 is 28.9 Å². The number of carbonyl (C=O) groups excluding carboxylic acids is 2. The molecule has 192 valence electrons. The Balaban J connectivity index is 1.71. The predicted octanol–water partition coefficient (Wildman–Crippen LogP) is 7.08. The quantitative estimate of drug-likeness (QED) is 0.179. The molecule has 37 heavy (non-hydrogen) atoms. The lowest BCUT2D eigenvalue weighted by atomic mass is 9.89. The first-order valence-corrected chi connectivity index (χ1v) is 13.0. The highest BCUT2D eigenvalue weighted by atomic mass is 16.6. The molecule has 2 amide bonds. The van der Waals surface area contributed by atoms with E-state index in [-0.39, 0.29) is 29.6 Å². The standard InChI is InChI=1S/C30H33N3O4/c1-3-4-5-9-16-29(34)31-22(2)21-28(26-14-10-11-15-27(26)31)32(24-12-7-6-8-13-24)30(35)23-17-19-25(20-18-23)33(36)37/h6-8,10-15,17-20,22,28H,3-5,9,16,21H2,1-2H3/t22-,28+/m0/s1. The number of para-hydroxylation sites is 2. The molecule has 3 aromatic rings. The normalized spacial score (nSPS) is 16.6. The molecule has 3 aromatic carbocycles. The minimum Gasteiger partial charge on any atom is -0.309 e. The highest BCUT2D eigenvalue weighted by molar-refractivity contribution is 6.07. The molecule has 0 bridgehead atoms. The number of non-ortho nitro benzene ring substituents is 1. The zero-order chi connectivity index (χ0) is 26.4. The second-order valence-corrected chi connectivity index (χ2v) is 9.55. The number of benzene rings is 3. The summed E-state index contributed by atoms with van der Waals surface area (Å²) < 4.78 is 0. The van der Waals surface area contributed by atoms with E-state index >= 15 is 0 Å². The molecule has 0 spiro atoms. The van der Waals surface area contributed by atoms with Crippen molar-refractivity contribution in [3.05, 3.63) is 100 Å². The van der Waals surface area contributed by atoms with Gasteiger partial charge in [-0.25, -0.2) is 0 Å². The van der Waals surface area contributed by atoms with Crippen LogP contribution in [0.5, 0.6) is 0 Å². The number of rotatable bonds is 9. The highest BCUT2D eigenvalue weighted by Gasteiger charge is 2.38. The molecule has 7 nitrogen and oxygen atoms in total. The maximum absolute atomic E-state index is 13.9. The van der Waals surface area contributed by atoms with Crippen molar-refractivity contribution < 1.29 is 14.5 Å². The zero-order valence-electron chi connectivity index (χ0n) is 21.4. The van der Waals surface area contributed by atoms with E-state index in [0.29, 0.717) is 18.4 Å². The van der Waals surface area contributed by atoms with Gasteiger partial charge in [0.15, 0.2) is 0 Å². The van der Waals surface area contributed by atoms with Gasteiger partial charge in [-0.3, -0.25) is 19.7 Å². The summed E-state index contributed by atoms with van der Waals surface area (Å²) in [7, 11) is 0. The molecule has 1 aliphatic rings. The number of nitro benzene ring substituents is 1. The summed E-state index contributed by atoms with van der Waals surface area (Å²) in [4.78, 5) is 41.6. The van der Waals surface area contributed by atoms with Crippen LogP contribution in [0.2, 0.25) is 0 Å². The van der Waals surface area contributed by atoms with E-state index < -0.39 is 4.92 Å². The van der Waals surface area contributed by atoms with E-state index in [1.165, 1.54) is 24.3 Å². The number of hydrogen-bond acceptors (Lipinski definition) is 4. The van der Waals surface area contributed by atoms with Gasteiger partial charge in [0.05, 0.1) is 11.0 Å². The van der Waals surface area contributed by atoms with Crippen molar-refractivity contribution in [2.45, 2.75) is 64.5 Å². The van der Waals surface area contributed by atoms with Crippen LogP contribution in [-0.4, -0.2) is 22.8 Å². The van der Waals surface area contributed by atoms with Crippen molar-refractivity contribution in [3.8, 4) is 0 Å². The molecule has 0 radical (unpaired) electrons. The second kappa shape index (κ2) is 11.8. The van der Waals surface area contributed by atoms with Gasteiger partial charge in [0.2, 0.25) is 5.91 Å². The SMILES string of the molecule is CCCCCCC(=O)N1c2ccccc2[C@H](N(C(=O)c2ccc([N+](=O)[O-])cc2)c2ccccc2)C[C@@H]1C. The van der Waals surface area contributed by atoms with Gasteiger partial charge in [0.25, 0.3) is 11.6 Å². The summed E-state index contributed by atoms with van der Waals surface area (Å²) in [6, 6.07) is 22.6. The van der Waals surface area contributed by atoms with E-state index in [2.05, 4.69) is 6.92 Å². The van der Waals surface area contributed by atoms with Crippen LogP contribution in [0.15, 0.2) is 78.9 Å². The molecule has 0 saturated heterocycles. The fourth-order valence-corrected chi connectivity index (χ4v) is 5.12. The zero-order valence-corrected chi connectivity index (χ0v) is 21.4. The van der Waals surface area contributed by atoms with Gasteiger partial charge in [-0.2, -0.15) is 0 Å². The third-order valence-corrected chi connectivity index (χ3v) is 6.96. The number of unbranched alkanes of at least 4 members (excludes halogenated alkanes) is 3. The van der Waals surface area contributed by atoms with Crippen LogP contribution in [0.1, 0.15) is 74.3 Å². The third-order valence-electron chi connectivity index (χ3n) is 6.96. The van der Waals surface area contributed by atoms with Crippen LogP contribution in [-0.2, 0) is 4.79 Å². The van der Waals surface area contributed by atoms with E-state index in [9.17, 15) is 19.7 Å². The van der Waals surface area contributed by atoms with Crippen LogP contribution in [0.25, 0.3) is 0 Å². The van der Waals surface area contributed by atoms with Crippen LogP contribution in [0.3, 0.4) is 0 Å². The number of nitrogens with zero attached hydrogens (tertiary/aromatic N) is 3. The first kappa shape index (κ1) is 26.1. The Morgan fingerprint density at radius 3 is 2.30 bits per heavy atom. The number of carbonyl (C=O) groups is 2. The average Bonchev–Trinajstić information content (AvgIpc) is 2.91. The lowest BCUT2D eigenvalue weighted by molar-refractivity contribution is -0.384. The van der Waals surface area contributed by atoms with Crippen molar-refractivity contribution in [1.29, 1.82) is 0 Å². The van der Waals surface area contributed by atoms with Gasteiger partial charge in [0.1, 0.15) is 0 Å². The molecule has 7 heteroatoms. The number of fused-ring (bicyclic) bond motifs is 1. The monoisotopic (exact) mass is 499 g/mol. The lowest BCUT2D eigenvalue weighted by Gasteiger charge is -2.43. The van der Waals surface area contributed by atoms with Crippen molar-refractivity contribution in [3.63, 3.8) is 0 Å². The van der Waals surface area contributed by atoms with E-state index in [0.717, 1.165) is 42.6 Å². The molecule has 0 aliphatic carbocycles. The largest absolute Gasteiger partial charge is 0.309 e. The molecule has 0 fully saturated rings. The summed E-state index contributed by atoms with van der Waals surface area (Å²) >= 11 is 0. The van der Waals surface area contributed by atoms with E-state index in [4.69, 9.17) is 0 Å². The fourth-order valence-electron chi connectivity index (χ4n) is 5.12. The Bertz CT molecular complexity index is 1240. The van der Waals surface area contributed by atoms with Crippen molar-refractivity contribution in [2.24, 2.45) is 0 Å². The maximum Gasteiger partial charge on any atom is 0.269 e. The molecular weight excluding hydrogens is 466 g/mol. The predicted molar refractivity (Wildman–Crippen MR) is 146 cm³/mol. The van der Waals surface area contributed by atoms with E-state index in [1.807, 2.05) is 66.4 Å². The second-order valence-electron chi connectivity index (χ2n) is 9.55. The summed E-state index contributed by atoms with van der Waals surface area (Å²) in [6.45, 7) is 4.19. The Labute approximate surface area is 217 Å². The molecular formula is C30H33N3O4. The van der Waals surface area contributed by atoms with E-state index in [1.54, 1.807) is 4.90 Å².